The lowest BCUT2D eigenvalue weighted by atomic mass is 10.0. The van der Waals surface area contributed by atoms with Crippen LogP contribution in [0.25, 0.3) is 11.3 Å². The fraction of sp³-hybridized carbons (Fsp3) is 0.619. The molecule has 8 nitrogen and oxygen atoms in total. The van der Waals surface area contributed by atoms with Crippen molar-refractivity contribution in [1.82, 2.24) is 15.0 Å². The minimum atomic E-state index is -1.54. The monoisotopic (exact) mass is 457 g/mol. The van der Waals surface area contributed by atoms with E-state index in [4.69, 9.17) is 23.7 Å². The number of halogens is 3. The third-order valence-corrected chi connectivity index (χ3v) is 5.57. The van der Waals surface area contributed by atoms with Gasteiger partial charge in [-0.2, -0.15) is 0 Å². The molecule has 1 aromatic heterocycles. The maximum absolute atomic E-state index is 13.7. The van der Waals surface area contributed by atoms with Crippen molar-refractivity contribution in [1.29, 1.82) is 0 Å². The molecule has 0 amide bonds. The molecule has 11 heteroatoms. The highest BCUT2D eigenvalue weighted by Gasteiger charge is 2.57. The van der Waals surface area contributed by atoms with Gasteiger partial charge in [-0.1, -0.05) is 5.21 Å². The molecule has 0 radical (unpaired) electrons. The molecule has 0 bridgehead atoms. The van der Waals surface area contributed by atoms with Crippen LogP contribution in [0.5, 0.6) is 0 Å². The number of benzene rings is 1. The van der Waals surface area contributed by atoms with Gasteiger partial charge >= 0.3 is 0 Å². The summed E-state index contributed by atoms with van der Waals surface area (Å²) in [5, 5.41) is 8.16. The largest absolute Gasteiger partial charge is 0.354 e. The number of methoxy groups -OCH3 is 1. The van der Waals surface area contributed by atoms with Crippen LogP contribution in [0, 0.1) is 17.5 Å². The molecule has 176 valence electrons. The predicted octanol–water partition coefficient (Wildman–Crippen LogP) is 3.57. The highest BCUT2D eigenvalue weighted by molar-refractivity contribution is 5.57. The minimum Gasteiger partial charge on any atom is -0.354 e. The van der Waals surface area contributed by atoms with Crippen LogP contribution in [0.15, 0.2) is 18.3 Å². The Hall–Kier alpha value is -2.05. The summed E-state index contributed by atoms with van der Waals surface area (Å²) in [7, 11) is 1.54. The van der Waals surface area contributed by atoms with Crippen molar-refractivity contribution in [3.05, 3.63) is 35.8 Å². The van der Waals surface area contributed by atoms with Gasteiger partial charge in [-0.15, -0.1) is 5.10 Å². The third kappa shape index (κ3) is 4.27. The molecule has 0 saturated carbocycles. The number of ether oxygens (including phenoxy) is 5. The Morgan fingerprint density at radius 1 is 1.16 bits per heavy atom. The van der Waals surface area contributed by atoms with Crippen LogP contribution in [0.1, 0.15) is 40.7 Å². The van der Waals surface area contributed by atoms with E-state index in [2.05, 4.69) is 10.3 Å². The molecular formula is C21H26F3N3O5. The van der Waals surface area contributed by atoms with E-state index in [0.717, 1.165) is 12.1 Å². The van der Waals surface area contributed by atoms with Crippen LogP contribution < -0.4 is 0 Å². The van der Waals surface area contributed by atoms with E-state index in [0.29, 0.717) is 0 Å². The van der Waals surface area contributed by atoms with Crippen molar-refractivity contribution in [2.24, 2.45) is 0 Å². The summed E-state index contributed by atoms with van der Waals surface area (Å²) in [5.74, 6) is -5.91. The predicted molar refractivity (Wildman–Crippen MR) is 105 cm³/mol. The summed E-state index contributed by atoms with van der Waals surface area (Å²) < 4.78 is 71.6. The Balaban J connectivity index is 1.67. The molecule has 5 atom stereocenters. The normalized spacial score (nSPS) is 28.2. The smallest absolute Gasteiger partial charge is 0.194 e. The number of nitrogens with zero attached hydrogens (tertiary/aromatic N) is 3. The van der Waals surface area contributed by atoms with Crippen LogP contribution in [0.2, 0.25) is 0 Å². The SMILES string of the molecule is COC(C)(C)O[C@@H](C)[C@@H]1O[C@@H]2OC(C)(C)O[C@H]2C1n1cc(-c2cc(F)c(F)c(F)c2)nn1. The second-order valence-corrected chi connectivity index (χ2v) is 8.82. The minimum absolute atomic E-state index is 0.0494. The Labute approximate surface area is 183 Å². The number of fused-ring (bicyclic) bond motifs is 1. The summed E-state index contributed by atoms with van der Waals surface area (Å²) in [4.78, 5) is 0. The van der Waals surface area contributed by atoms with Crippen molar-refractivity contribution < 1.29 is 36.9 Å². The lowest BCUT2D eigenvalue weighted by Crippen LogP contribution is -2.43. The van der Waals surface area contributed by atoms with Crippen molar-refractivity contribution >= 4 is 0 Å². The zero-order valence-electron chi connectivity index (χ0n) is 18.6. The fourth-order valence-corrected chi connectivity index (χ4v) is 4.03. The van der Waals surface area contributed by atoms with Gasteiger partial charge in [-0.25, -0.2) is 17.9 Å². The maximum atomic E-state index is 13.7. The van der Waals surface area contributed by atoms with Crippen molar-refractivity contribution in [2.75, 3.05) is 7.11 Å². The summed E-state index contributed by atoms with van der Waals surface area (Å²) >= 11 is 0. The first-order valence-electron chi connectivity index (χ1n) is 10.2. The van der Waals surface area contributed by atoms with E-state index >= 15 is 0 Å². The summed E-state index contributed by atoms with van der Waals surface area (Å²) in [6.07, 6.45) is -0.748. The second-order valence-electron chi connectivity index (χ2n) is 8.82. The Morgan fingerprint density at radius 2 is 1.81 bits per heavy atom. The summed E-state index contributed by atoms with van der Waals surface area (Å²) in [6.45, 7) is 8.91. The first kappa shape index (κ1) is 23.1. The van der Waals surface area contributed by atoms with Gasteiger partial charge < -0.3 is 23.7 Å². The van der Waals surface area contributed by atoms with Crippen LogP contribution in [0.4, 0.5) is 13.2 Å². The standard InChI is InChI=1S/C21H26F3N3O5/c1-10(30-20(2,3)28-6)17-16(18-19(29-17)32-21(4,5)31-18)27-9-14(25-26-27)11-7-12(22)15(24)13(23)8-11/h7-10,16-19H,1-6H3/t10-,16?,17-,18-,19+/m0/s1. The van der Waals surface area contributed by atoms with Crippen molar-refractivity contribution in [3.63, 3.8) is 0 Å². The van der Waals surface area contributed by atoms with Gasteiger partial charge in [-0.05, 0) is 46.8 Å². The van der Waals surface area contributed by atoms with E-state index in [-0.39, 0.29) is 11.3 Å². The average molecular weight is 457 g/mol. The highest BCUT2D eigenvalue weighted by Crippen LogP contribution is 2.45. The quantitative estimate of drug-likeness (QED) is 0.485. The first-order chi connectivity index (χ1) is 14.9. The van der Waals surface area contributed by atoms with Gasteiger partial charge in [0.2, 0.25) is 0 Å². The highest BCUT2D eigenvalue weighted by atomic mass is 19.2. The van der Waals surface area contributed by atoms with Gasteiger partial charge in [0, 0.05) is 12.7 Å². The van der Waals surface area contributed by atoms with E-state index in [1.807, 2.05) is 6.92 Å². The average Bonchev–Trinajstić information content (AvgIpc) is 3.37. The molecule has 2 aromatic rings. The Morgan fingerprint density at radius 3 is 2.44 bits per heavy atom. The van der Waals surface area contributed by atoms with Gasteiger partial charge in [0.15, 0.2) is 35.3 Å². The summed E-state index contributed by atoms with van der Waals surface area (Å²) in [5.41, 5.74) is 0.211. The van der Waals surface area contributed by atoms with E-state index in [1.54, 1.807) is 27.7 Å². The van der Waals surface area contributed by atoms with Crippen LogP contribution in [-0.2, 0) is 23.7 Å². The molecule has 1 unspecified atom stereocenters. The van der Waals surface area contributed by atoms with Gasteiger partial charge in [0.1, 0.15) is 23.9 Å². The molecule has 0 spiro atoms. The molecule has 2 fully saturated rings. The topological polar surface area (TPSA) is 76.9 Å². The molecule has 4 rings (SSSR count). The van der Waals surface area contributed by atoms with Gasteiger partial charge in [0.05, 0.1) is 12.3 Å². The number of aromatic nitrogens is 3. The van der Waals surface area contributed by atoms with Crippen LogP contribution >= 0.6 is 0 Å². The zero-order valence-corrected chi connectivity index (χ0v) is 18.6. The summed E-state index contributed by atoms with van der Waals surface area (Å²) in [6, 6.07) is 1.20. The third-order valence-electron chi connectivity index (χ3n) is 5.57. The number of hydrogen-bond acceptors (Lipinski definition) is 7. The molecule has 0 N–H and O–H groups in total. The molecular weight excluding hydrogens is 431 g/mol. The molecule has 2 aliphatic rings. The molecule has 3 heterocycles. The Bertz CT molecular complexity index is 976. The Kier molecular flexibility index (Phi) is 5.83. The first-order valence-corrected chi connectivity index (χ1v) is 10.2. The molecule has 0 aliphatic carbocycles. The van der Waals surface area contributed by atoms with E-state index in [1.165, 1.54) is 18.0 Å². The molecule has 1 aromatic carbocycles. The molecule has 2 saturated heterocycles. The maximum Gasteiger partial charge on any atom is 0.194 e. The van der Waals surface area contributed by atoms with Crippen molar-refractivity contribution in [2.45, 2.75) is 76.8 Å². The lowest BCUT2D eigenvalue weighted by molar-refractivity contribution is -0.263. The van der Waals surface area contributed by atoms with Crippen LogP contribution in [0.3, 0.4) is 0 Å². The fourth-order valence-electron chi connectivity index (χ4n) is 4.03. The van der Waals surface area contributed by atoms with Gasteiger partial charge in [0.25, 0.3) is 0 Å². The molecule has 2 aliphatic heterocycles. The van der Waals surface area contributed by atoms with Crippen molar-refractivity contribution in [3.8, 4) is 11.3 Å². The van der Waals surface area contributed by atoms with Crippen LogP contribution in [-0.4, -0.2) is 58.3 Å². The van der Waals surface area contributed by atoms with Gasteiger partial charge in [-0.3, -0.25) is 0 Å². The zero-order chi connectivity index (χ0) is 23.4. The lowest BCUT2D eigenvalue weighted by Gasteiger charge is -2.33. The second kappa shape index (κ2) is 8.07. The number of hydrogen-bond donors (Lipinski definition) is 0. The van der Waals surface area contributed by atoms with E-state index < -0.39 is 59.7 Å². The molecule has 32 heavy (non-hydrogen) atoms. The van der Waals surface area contributed by atoms with E-state index in [9.17, 15) is 13.2 Å². The number of rotatable bonds is 6.